The van der Waals surface area contributed by atoms with Crippen molar-refractivity contribution in [3.63, 3.8) is 0 Å². The van der Waals surface area contributed by atoms with Crippen LogP contribution in [-0.4, -0.2) is 24.4 Å². The predicted octanol–water partition coefficient (Wildman–Crippen LogP) is 3.27. The first-order valence-electron chi connectivity index (χ1n) is 7.03. The first-order valence-corrected chi connectivity index (χ1v) is 7.78. The van der Waals surface area contributed by atoms with Crippen molar-refractivity contribution < 1.29 is 19.1 Å². The molecule has 1 aliphatic rings. The fraction of sp³-hybridized carbons (Fsp3) is 0.118. The summed E-state index contributed by atoms with van der Waals surface area (Å²) in [5, 5.41) is 0.717. The predicted molar refractivity (Wildman–Crippen MR) is 89.4 cm³/mol. The van der Waals surface area contributed by atoms with Crippen LogP contribution < -0.4 is 4.90 Å². The SMILES string of the molecule is O=C(Cc1c(Cl)cccc1Cl)OCN1C(=O)C(=O)c2ccccc21. The van der Waals surface area contributed by atoms with Crippen LogP contribution in [0.4, 0.5) is 5.69 Å². The van der Waals surface area contributed by atoms with Crippen LogP contribution in [0.3, 0.4) is 0 Å². The molecular formula is C17H11Cl2NO4. The van der Waals surface area contributed by atoms with E-state index in [2.05, 4.69) is 0 Å². The molecule has 0 aliphatic carbocycles. The van der Waals surface area contributed by atoms with Gasteiger partial charge in [0.1, 0.15) is 0 Å². The molecule has 0 saturated heterocycles. The zero-order valence-corrected chi connectivity index (χ0v) is 13.8. The number of esters is 1. The quantitative estimate of drug-likeness (QED) is 0.617. The van der Waals surface area contributed by atoms with Crippen molar-refractivity contribution in [1.29, 1.82) is 0 Å². The van der Waals surface area contributed by atoms with Gasteiger partial charge in [-0.15, -0.1) is 0 Å². The van der Waals surface area contributed by atoms with E-state index in [1.165, 1.54) is 0 Å². The van der Waals surface area contributed by atoms with Gasteiger partial charge in [-0.25, -0.2) is 0 Å². The second-order valence-electron chi connectivity index (χ2n) is 5.10. The van der Waals surface area contributed by atoms with Crippen LogP contribution in [0.5, 0.6) is 0 Å². The standard InChI is InChI=1S/C17H11Cl2NO4/c18-12-5-3-6-13(19)11(12)8-15(21)24-9-20-14-7-2-1-4-10(14)16(22)17(20)23/h1-7H,8-9H2. The van der Waals surface area contributed by atoms with Crippen molar-refractivity contribution in [2.24, 2.45) is 0 Å². The molecule has 122 valence electrons. The Bertz CT molecular complexity index is 830. The van der Waals surface area contributed by atoms with Gasteiger partial charge in [0.15, 0.2) is 6.73 Å². The lowest BCUT2D eigenvalue weighted by Gasteiger charge is -2.16. The molecule has 3 rings (SSSR count). The van der Waals surface area contributed by atoms with Gasteiger partial charge >= 0.3 is 11.9 Å². The fourth-order valence-electron chi connectivity index (χ4n) is 2.41. The molecule has 5 nitrogen and oxygen atoms in total. The minimum Gasteiger partial charge on any atom is -0.444 e. The molecule has 0 bridgehead atoms. The number of fused-ring (bicyclic) bond motifs is 1. The first kappa shape index (κ1) is 16.5. The van der Waals surface area contributed by atoms with E-state index in [1.807, 2.05) is 0 Å². The molecule has 24 heavy (non-hydrogen) atoms. The highest BCUT2D eigenvalue weighted by Gasteiger charge is 2.36. The van der Waals surface area contributed by atoms with Gasteiger partial charge < -0.3 is 4.74 Å². The Morgan fingerprint density at radius 3 is 2.38 bits per heavy atom. The molecule has 1 heterocycles. The summed E-state index contributed by atoms with van der Waals surface area (Å²) in [6, 6.07) is 11.5. The topological polar surface area (TPSA) is 63.7 Å². The van der Waals surface area contributed by atoms with Crippen molar-refractivity contribution in [2.75, 3.05) is 11.6 Å². The lowest BCUT2D eigenvalue weighted by molar-refractivity contribution is -0.143. The lowest BCUT2D eigenvalue weighted by Crippen LogP contribution is -2.33. The maximum Gasteiger partial charge on any atom is 0.312 e. The second-order valence-corrected chi connectivity index (χ2v) is 5.92. The summed E-state index contributed by atoms with van der Waals surface area (Å²) in [5.74, 6) is -1.94. The van der Waals surface area contributed by atoms with Crippen LogP contribution in [0.1, 0.15) is 15.9 Å². The molecule has 0 aromatic heterocycles. The van der Waals surface area contributed by atoms with E-state index in [4.69, 9.17) is 27.9 Å². The van der Waals surface area contributed by atoms with Crippen LogP contribution in [0.15, 0.2) is 42.5 Å². The summed E-state index contributed by atoms with van der Waals surface area (Å²) >= 11 is 12.0. The Morgan fingerprint density at radius 1 is 1.00 bits per heavy atom. The molecule has 2 aromatic rings. The van der Waals surface area contributed by atoms with Gasteiger partial charge in [-0.1, -0.05) is 41.4 Å². The Kier molecular flexibility index (Phi) is 4.55. The number of ketones is 1. The molecule has 0 atom stereocenters. The molecule has 0 radical (unpaired) electrons. The second kappa shape index (κ2) is 6.63. The summed E-state index contributed by atoms with van der Waals surface area (Å²) < 4.78 is 5.11. The van der Waals surface area contributed by atoms with Crippen LogP contribution in [0, 0.1) is 0 Å². The summed E-state index contributed by atoms with van der Waals surface area (Å²) in [6.45, 7) is -0.345. The van der Waals surface area contributed by atoms with Gasteiger partial charge in [-0.3, -0.25) is 19.3 Å². The number of carbonyl (C=O) groups is 3. The monoisotopic (exact) mass is 363 g/mol. The van der Waals surface area contributed by atoms with Crippen molar-refractivity contribution >= 4 is 46.5 Å². The number of Topliss-reactive ketones (excluding diaryl/α,β-unsaturated/α-hetero) is 1. The van der Waals surface area contributed by atoms with E-state index in [0.29, 0.717) is 26.9 Å². The molecule has 1 amide bonds. The maximum absolute atomic E-state index is 12.0. The normalized spacial score (nSPS) is 13.2. The van der Waals surface area contributed by atoms with Crippen molar-refractivity contribution in [3.8, 4) is 0 Å². The number of nitrogens with zero attached hydrogens (tertiary/aromatic N) is 1. The number of halogens is 2. The zero-order chi connectivity index (χ0) is 17.3. The summed E-state index contributed by atoms with van der Waals surface area (Å²) in [5.41, 5.74) is 1.18. The third kappa shape index (κ3) is 3.00. The average Bonchev–Trinajstić information content (AvgIpc) is 2.81. The molecule has 2 aromatic carbocycles. The minimum atomic E-state index is -0.722. The smallest absolute Gasteiger partial charge is 0.312 e. The molecular weight excluding hydrogens is 353 g/mol. The largest absolute Gasteiger partial charge is 0.444 e. The Morgan fingerprint density at radius 2 is 1.67 bits per heavy atom. The molecule has 0 saturated carbocycles. The lowest BCUT2D eigenvalue weighted by atomic mass is 10.1. The van der Waals surface area contributed by atoms with Gasteiger partial charge in [0.2, 0.25) is 0 Å². The van der Waals surface area contributed by atoms with E-state index in [-0.39, 0.29) is 13.2 Å². The number of carbonyl (C=O) groups excluding carboxylic acids is 3. The van der Waals surface area contributed by atoms with Crippen LogP contribution in [-0.2, 0) is 20.7 Å². The minimum absolute atomic E-state index is 0.129. The first-order chi connectivity index (χ1) is 11.5. The van der Waals surface area contributed by atoms with E-state index in [9.17, 15) is 14.4 Å². The fourth-order valence-corrected chi connectivity index (χ4v) is 2.94. The van der Waals surface area contributed by atoms with E-state index in [0.717, 1.165) is 4.90 Å². The van der Waals surface area contributed by atoms with Crippen LogP contribution in [0.2, 0.25) is 10.0 Å². The number of amides is 1. The molecule has 0 unspecified atom stereocenters. The Labute approximate surface area is 147 Å². The number of hydrogen-bond acceptors (Lipinski definition) is 4. The number of hydrogen-bond donors (Lipinski definition) is 0. The van der Waals surface area contributed by atoms with Gasteiger partial charge in [-0.2, -0.15) is 0 Å². The van der Waals surface area contributed by atoms with E-state index < -0.39 is 17.7 Å². The van der Waals surface area contributed by atoms with E-state index in [1.54, 1.807) is 42.5 Å². The van der Waals surface area contributed by atoms with Crippen molar-refractivity contribution in [1.82, 2.24) is 0 Å². The number of ether oxygens (including phenoxy) is 1. The third-order valence-corrected chi connectivity index (χ3v) is 4.32. The Hall–Kier alpha value is -2.37. The van der Waals surface area contributed by atoms with Crippen LogP contribution in [0.25, 0.3) is 0 Å². The van der Waals surface area contributed by atoms with Gasteiger partial charge in [0, 0.05) is 15.6 Å². The molecule has 0 N–H and O–H groups in total. The highest BCUT2D eigenvalue weighted by molar-refractivity contribution is 6.52. The van der Waals surface area contributed by atoms with Gasteiger partial charge in [0.25, 0.3) is 5.78 Å². The molecule has 1 aliphatic heterocycles. The highest BCUT2D eigenvalue weighted by atomic mass is 35.5. The van der Waals surface area contributed by atoms with E-state index >= 15 is 0 Å². The summed E-state index contributed by atoms with van der Waals surface area (Å²) in [4.78, 5) is 37.0. The maximum atomic E-state index is 12.0. The third-order valence-electron chi connectivity index (χ3n) is 3.62. The summed E-state index contributed by atoms with van der Waals surface area (Å²) in [7, 11) is 0. The van der Waals surface area contributed by atoms with Gasteiger partial charge in [0.05, 0.1) is 17.7 Å². The highest BCUT2D eigenvalue weighted by Crippen LogP contribution is 2.28. The average molecular weight is 364 g/mol. The number of para-hydroxylation sites is 1. The van der Waals surface area contributed by atoms with Gasteiger partial charge in [-0.05, 0) is 24.3 Å². The molecule has 0 fully saturated rings. The molecule has 0 spiro atoms. The summed E-state index contributed by atoms with van der Waals surface area (Å²) in [6.07, 6.45) is -0.129. The Balaban J connectivity index is 1.69. The number of anilines is 1. The van der Waals surface area contributed by atoms with Crippen molar-refractivity contribution in [3.05, 3.63) is 63.6 Å². The number of benzene rings is 2. The van der Waals surface area contributed by atoms with Crippen molar-refractivity contribution in [2.45, 2.75) is 6.42 Å². The van der Waals surface area contributed by atoms with Crippen LogP contribution >= 0.6 is 23.2 Å². The zero-order valence-electron chi connectivity index (χ0n) is 12.3. The molecule has 7 heteroatoms. The number of rotatable bonds is 4.